The molecular weight excluding hydrogens is 417 g/mol. The van der Waals surface area contributed by atoms with Crippen molar-refractivity contribution < 1.29 is 22.8 Å². The van der Waals surface area contributed by atoms with Crippen molar-refractivity contribution in [3.05, 3.63) is 69.7 Å². The fourth-order valence-corrected chi connectivity index (χ4v) is 3.79. The molecule has 2 aromatic heterocycles. The van der Waals surface area contributed by atoms with Gasteiger partial charge in [-0.15, -0.1) is 11.3 Å². The maximum atomic E-state index is 12.8. The monoisotopic (exact) mass is 436 g/mol. The Balaban J connectivity index is 1.68. The van der Waals surface area contributed by atoms with Gasteiger partial charge in [-0.2, -0.15) is 18.3 Å². The van der Waals surface area contributed by atoms with Crippen LogP contribution >= 0.6 is 11.3 Å². The van der Waals surface area contributed by atoms with Crippen LogP contribution in [0.2, 0.25) is 0 Å². The third kappa shape index (κ3) is 5.07. The fourth-order valence-electron chi connectivity index (χ4n) is 2.98. The number of hydrogen-bond acceptors (Lipinski definition) is 4. The highest BCUT2D eigenvalue weighted by molar-refractivity contribution is 7.10. The van der Waals surface area contributed by atoms with Crippen LogP contribution in [0.3, 0.4) is 0 Å². The van der Waals surface area contributed by atoms with E-state index < -0.39 is 23.6 Å². The average molecular weight is 436 g/mol. The van der Waals surface area contributed by atoms with Crippen LogP contribution in [0.25, 0.3) is 0 Å². The highest BCUT2D eigenvalue weighted by Gasteiger charge is 2.30. The molecule has 2 heterocycles. The molecule has 1 atom stereocenters. The summed E-state index contributed by atoms with van der Waals surface area (Å²) < 4.78 is 40.2. The SMILES string of the molecule is Cc1cc(C)n([C@H](CNC(=O)C(=O)Nc2cccc(C(F)(F)F)c2)c2cccs2)n1. The van der Waals surface area contributed by atoms with E-state index in [0.717, 1.165) is 34.5 Å². The molecule has 0 saturated carbocycles. The van der Waals surface area contributed by atoms with Gasteiger partial charge in [0.1, 0.15) is 6.04 Å². The van der Waals surface area contributed by atoms with Crippen LogP contribution < -0.4 is 10.6 Å². The van der Waals surface area contributed by atoms with Gasteiger partial charge in [-0.3, -0.25) is 14.3 Å². The van der Waals surface area contributed by atoms with E-state index in [1.807, 2.05) is 37.4 Å². The number of aromatic nitrogens is 2. The number of anilines is 1. The lowest BCUT2D eigenvalue weighted by molar-refractivity contribution is -0.137. The largest absolute Gasteiger partial charge is 0.416 e. The minimum atomic E-state index is -4.54. The molecule has 1 aromatic carbocycles. The van der Waals surface area contributed by atoms with Crippen LogP contribution in [0.5, 0.6) is 0 Å². The third-order valence-corrected chi connectivity index (χ3v) is 5.29. The summed E-state index contributed by atoms with van der Waals surface area (Å²) in [6, 6.07) is 9.47. The molecule has 3 aromatic rings. The zero-order chi connectivity index (χ0) is 21.9. The molecule has 0 radical (unpaired) electrons. The smallest absolute Gasteiger partial charge is 0.345 e. The third-order valence-electron chi connectivity index (χ3n) is 4.32. The lowest BCUT2D eigenvalue weighted by atomic mass is 10.2. The maximum absolute atomic E-state index is 12.8. The second-order valence-corrected chi connectivity index (χ2v) is 7.62. The summed E-state index contributed by atoms with van der Waals surface area (Å²) in [5.74, 6) is -2.00. The number of carbonyl (C=O) groups is 2. The molecule has 0 bridgehead atoms. The van der Waals surface area contributed by atoms with Crippen molar-refractivity contribution in [2.24, 2.45) is 0 Å². The molecule has 0 spiro atoms. The van der Waals surface area contributed by atoms with E-state index in [9.17, 15) is 22.8 Å². The Morgan fingerprint density at radius 1 is 1.13 bits per heavy atom. The number of carbonyl (C=O) groups excluding carboxylic acids is 2. The van der Waals surface area contributed by atoms with Gasteiger partial charge in [0.2, 0.25) is 0 Å². The Morgan fingerprint density at radius 2 is 1.90 bits per heavy atom. The molecule has 2 N–H and O–H groups in total. The van der Waals surface area contributed by atoms with E-state index in [-0.39, 0.29) is 18.3 Å². The minimum Gasteiger partial charge on any atom is -0.345 e. The van der Waals surface area contributed by atoms with Gasteiger partial charge in [0.25, 0.3) is 0 Å². The van der Waals surface area contributed by atoms with Gasteiger partial charge in [-0.1, -0.05) is 12.1 Å². The summed E-state index contributed by atoms with van der Waals surface area (Å²) in [5.41, 5.74) is 0.692. The first-order valence-corrected chi connectivity index (χ1v) is 9.85. The van der Waals surface area contributed by atoms with Crippen molar-refractivity contribution in [2.75, 3.05) is 11.9 Å². The van der Waals surface area contributed by atoms with Crippen molar-refractivity contribution >= 4 is 28.8 Å². The number of halogens is 3. The predicted octanol–water partition coefficient (Wildman–Crippen LogP) is 3.92. The standard InChI is InChI=1S/C20H19F3N4O2S/c1-12-9-13(2)27(26-12)16(17-7-4-8-30-17)11-24-18(28)19(29)25-15-6-3-5-14(10-15)20(21,22)23/h3-10,16H,11H2,1-2H3,(H,24,28)(H,25,29)/t16-/m1/s1. The number of rotatable bonds is 5. The number of nitrogens with one attached hydrogen (secondary N) is 2. The van der Waals surface area contributed by atoms with Crippen LogP contribution in [0.4, 0.5) is 18.9 Å². The first-order valence-electron chi connectivity index (χ1n) is 8.97. The van der Waals surface area contributed by atoms with Gasteiger partial charge in [-0.25, -0.2) is 0 Å². The molecule has 30 heavy (non-hydrogen) atoms. The van der Waals surface area contributed by atoms with Crippen LogP contribution in [0.15, 0.2) is 47.8 Å². The lowest BCUT2D eigenvalue weighted by Crippen LogP contribution is -2.39. The summed E-state index contributed by atoms with van der Waals surface area (Å²) in [6.45, 7) is 3.84. The number of thiophene rings is 1. The van der Waals surface area contributed by atoms with Crippen LogP contribution in [0, 0.1) is 13.8 Å². The number of nitrogens with zero attached hydrogens (tertiary/aromatic N) is 2. The lowest BCUT2D eigenvalue weighted by Gasteiger charge is -2.19. The number of hydrogen-bond donors (Lipinski definition) is 2. The summed E-state index contributed by atoms with van der Waals surface area (Å²) in [4.78, 5) is 25.4. The molecule has 0 aliphatic heterocycles. The molecule has 0 aliphatic carbocycles. The van der Waals surface area contributed by atoms with Crippen molar-refractivity contribution in [2.45, 2.75) is 26.1 Å². The highest BCUT2D eigenvalue weighted by Crippen LogP contribution is 2.30. The highest BCUT2D eigenvalue weighted by atomic mass is 32.1. The van der Waals surface area contributed by atoms with Crippen LogP contribution in [0.1, 0.15) is 27.9 Å². The average Bonchev–Trinajstić information content (AvgIpc) is 3.31. The normalized spacial score (nSPS) is 12.4. The van der Waals surface area contributed by atoms with Gasteiger partial charge >= 0.3 is 18.0 Å². The number of benzene rings is 1. The van der Waals surface area contributed by atoms with Gasteiger partial charge < -0.3 is 10.6 Å². The summed E-state index contributed by atoms with van der Waals surface area (Å²) in [5, 5.41) is 11.1. The summed E-state index contributed by atoms with van der Waals surface area (Å²) >= 11 is 1.49. The number of amides is 2. The fraction of sp³-hybridized carbons (Fsp3) is 0.250. The molecule has 0 fully saturated rings. The van der Waals surface area contributed by atoms with Crippen LogP contribution in [-0.2, 0) is 15.8 Å². The zero-order valence-electron chi connectivity index (χ0n) is 16.2. The van der Waals surface area contributed by atoms with Gasteiger partial charge in [0.15, 0.2) is 0 Å². The molecular formula is C20H19F3N4O2S. The molecule has 6 nitrogen and oxygen atoms in total. The van der Waals surface area contributed by atoms with Crippen molar-refractivity contribution in [3.63, 3.8) is 0 Å². The molecule has 0 aliphatic rings. The maximum Gasteiger partial charge on any atom is 0.416 e. The quantitative estimate of drug-likeness (QED) is 0.595. The minimum absolute atomic E-state index is 0.0946. The van der Waals surface area contributed by atoms with Gasteiger partial charge in [0, 0.05) is 22.8 Å². The van der Waals surface area contributed by atoms with E-state index in [4.69, 9.17) is 0 Å². The molecule has 2 amide bonds. The van der Waals surface area contributed by atoms with Crippen molar-refractivity contribution in [1.29, 1.82) is 0 Å². The van der Waals surface area contributed by atoms with Crippen molar-refractivity contribution in [3.8, 4) is 0 Å². The zero-order valence-corrected chi connectivity index (χ0v) is 17.0. The Kier molecular flexibility index (Phi) is 6.25. The van der Waals surface area contributed by atoms with E-state index in [1.54, 1.807) is 4.68 Å². The summed E-state index contributed by atoms with van der Waals surface area (Å²) in [7, 11) is 0. The molecule has 3 rings (SSSR count). The number of alkyl halides is 3. The Hall–Kier alpha value is -3.14. The molecule has 0 saturated heterocycles. The molecule has 0 unspecified atom stereocenters. The molecule has 158 valence electrons. The van der Waals surface area contributed by atoms with Gasteiger partial charge in [-0.05, 0) is 49.6 Å². The van der Waals surface area contributed by atoms with E-state index >= 15 is 0 Å². The number of aryl methyl sites for hydroxylation is 2. The van der Waals surface area contributed by atoms with E-state index in [0.29, 0.717) is 0 Å². The van der Waals surface area contributed by atoms with Gasteiger partial charge in [0.05, 0.1) is 11.3 Å². The predicted molar refractivity (Wildman–Crippen MR) is 107 cm³/mol. The van der Waals surface area contributed by atoms with Crippen LogP contribution in [-0.4, -0.2) is 28.1 Å². The Morgan fingerprint density at radius 3 is 2.50 bits per heavy atom. The first-order chi connectivity index (χ1) is 14.1. The van der Waals surface area contributed by atoms with E-state index in [2.05, 4.69) is 15.7 Å². The van der Waals surface area contributed by atoms with E-state index in [1.165, 1.54) is 17.4 Å². The molecule has 10 heteroatoms. The second kappa shape index (κ2) is 8.70. The van der Waals surface area contributed by atoms with Crippen molar-refractivity contribution in [1.82, 2.24) is 15.1 Å². The Labute approximate surface area is 174 Å². The topological polar surface area (TPSA) is 76.0 Å². The second-order valence-electron chi connectivity index (χ2n) is 6.65. The first kappa shape index (κ1) is 21.6. The summed E-state index contributed by atoms with van der Waals surface area (Å²) in [6.07, 6.45) is -4.54. The Bertz CT molecular complexity index is 1040.